The quantitative estimate of drug-likeness (QED) is 0.708. The number of hydrogen-bond acceptors (Lipinski definition) is 1. The molecule has 0 aromatic heterocycles. The van der Waals surface area contributed by atoms with E-state index in [0.717, 1.165) is 25.8 Å². The Morgan fingerprint density at radius 2 is 2.29 bits per heavy atom. The van der Waals surface area contributed by atoms with Crippen LogP contribution >= 0.6 is 11.6 Å². The van der Waals surface area contributed by atoms with Gasteiger partial charge in [-0.25, -0.2) is 4.39 Å². The first-order valence-electron chi connectivity index (χ1n) is 5.98. The minimum atomic E-state index is -0.313. The van der Waals surface area contributed by atoms with Crippen molar-refractivity contribution in [2.24, 2.45) is 0 Å². The number of halogens is 2. The summed E-state index contributed by atoms with van der Waals surface area (Å²) >= 11 is 5.80. The summed E-state index contributed by atoms with van der Waals surface area (Å²) in [5.74, 6) is -0.313. The summed E-state index contributed by atoms with van der Waals surface area (Å²) in [6.45, 7) is 6.66. The van der Waals surface area contributed by atoms with Crippen molar-refractivity contribution in [1.82, 2.24) is 5.32 Å². The van der Waals surface area contributed by atoms with Crippen LogP contribution in [0.3, 0.4) is 0 Å². The minimum absolute atomic E-state index is 0.00616. The molecule has 17 heavy (non-hydrogen) atoms. The molecule has 0 radical (unpaired) electrons. The lowest BCUT2D eigenvalue weighted by atomic mass is 10.0. The third-order valence-corrected chi connectivity index (χ3v) is 2.95. The molecular formula is C14H19ClFN. The van der Waals surface area contributed by atoms with Gasteiger partial charge < -0.3 is 5.32 Å². The molecule has 0 heterocycles. The molecular weight excluding hydrogens is 237 g/mol. The second-order valence-corrected chi connectivity index (χ2v) is 4.42. The zero-order chi connectivity index (χ0) is 12.7. The van der Waals surface area contributed by atoms with Crippen LogP contribution in [0, 0.1) is 5.82 Å². The molecule has 1 aromatic carbocycles. The Labute approximate surface area is 108 Å². The number of nitrogens with one attached hydrogen (secondary N) is 1. The molecule has 0 saturated heterocycles. The molecule has 0 saturated carbocycles. The van der Waals surface area contributed by atoms with Gasteiger partial charge in [-0.15, -0.1) is 6.58 Å². The average Bonchev–Trinajstić information content (AvgIpc) is 2.34. The van der Waals surface area contributed by atoms with Crippen LogP contribution in [0.4, 0.5) is 4.39 Å². The van der Waals surface area contributed by atoms with Gasteiger partial charge in [0.15, 0.2) is 0 Å². The van der Waals surface area contributed by atoms with Crippen molar-refractivity contribution >= 4 is 11.6 Å². The molecule has 1 N–H and O–H groups in total. The SMILES string of the molecule is C=CCCC(NCCC)c1cccc(Cl)c1F. The molecule has 0 aliphatic carbocycles. The Bertz CT molecular complexity index is 365. The maximum Gasteiger partial charge on any atom is 0.146 e. The molecule has 1 rings (SSSR count). The van der Waals surface area contributed by atoms with Gasteiger partial charge >= 0.3 is 0 Å². The van der Waals surface area contributed by atoms with Crippen molar-refractivity contribution < 1.29 is 4.39 Å². The smallest absolute Gasteiger partial charge is 0.146 e. The van der Waals surface area contributed by atoms with Crippen molar-refractivity contribution in [3.05, 3.63) is 47.3 Å². The van der Waals surface area contributed by atoms with Crippen molar-refractivity contribution in [2.75, 3.05) is 6.54 Å². The van der Waals surface area contributed by atoms with E-state index >= 15 is 0 Å². The van der Waals surface area contributed by atoms with Crippen molar-refractivity contribution in [2.45, 2.75) is 32.2 Å². The molecule has 0 aliphatic rings. The van der Waals surface area contributed by atoms with Crippen LogP contribution in [-0.4, -0.2) is 6.54 Å². The zero-order valence-electron chi connectivity index (χ0n) is 10.2. The Morgan fingerprint density at radius 3 is 2.94 bits per heavy atom. The summed E-state index contributed by atoms with van der Waals surface area (Å²) in [7, 11) is 0. The first kappa shape index (κ1) is 14.2. The lowest BCUT2D eigenvalue weighted by Crippen LogP contribution is -2.23. The predicted molar refractivity (Wildman–Crippen MR) is 71.9 cm³/mol. The molecule has 1 aromatic rings. The Hall–Kier alpha value is -0.860. The molecule has 3 heteroatoms. The molecule has 1 atom stereocenters. The normalized spacial score (nSPS) is 12.4. The fourth-order valence-electron chi connectivity index (χ4n) is 1.76. The predicted octanol–water partition coefficient (Wildman–Crippen LogP) is 4.49. The minimum Gasteiger partial charge on any atom is -0.310 e. The van der Waals surface area contributed by atoms with E-state index in [2.05, 4.69) is 18.8 Å². The van der Waals surface area contributed by atoms with Gasteiger partial charge in [-0.3, -0.25) is 0 Å². The molecule has 0 fully saturated rings. The highest BCUT2D eigenvalue weighted by Gasteiger charge is 2.15. The summed E-state index contributed by atoms with van der Waals surface area (Å²) in [5.41, 5.74) is 0.646. The number of benzene rings is 1. The molecule has 94 valence electrons. The monoisotopic (exact) mass is 255 g/mol. The zero-order valence-corrected chi connectivity index (χ0v) is 10.9. The van der Waals surface area contributed by atoms with Crippen LogP contribution in [0.2, 0.25) is 5.02 Å². The van der Waals surface area contributed by atoms with E-state index in [9.17, 15) is 4.39 Å². The fourth-order valence-corrected chi connectivity index (χ4v) is 1.94. The number of allylic oxidation sites excluding steroid dienone is 1. The lowest BCUT2D eigenvalue weighted by Gasteiger charge is -2.19. The van der Waals surface area contributed by atoms with E-state index in [0.29, 0.717) is 5.56 Å². The summed E-state index contributed by atoms with van der Waals surface area (Å²) in [4.78, 5) is 0. The topological polar surface area (TPSA) is 12.0 Å². The highest BCUT2D eigenvalue weighted by Crippen LogP contribution is 2.26. The van der Waals surface area contributed by atoms with Gasteiger partial charge in [0.05, 0.1) is 5.02 Å². The van der Waals surface area contributed by atoms with Crippen LogP contribution in [0.5, 0.6) is 0 Å². The van der Waals surface area contributed by atoms with Gasteiger partial charge in [-0.05, 0) is 31.9 Å². The Morgan fingerprint density at radius 1 is 1.53 bits per heavy atom. The lowest BCUT2D eigenvalue weighted by molar-refractivity contribution is 0.477. The standard InChI is InChI=1S/C14H19ClFN/c1-3-5-9-13(17-10-4-2)11-7-6-8-12(15)14(11)16/h3,6-8,13,17H,1,4-5,9-10H2,2H3. The highest BCUT2D eigenvalue weighted by molar-refractivity contribution is 6.30. The Kier molecular flexibility index (Phi) is 6.23. The largest absolute Gasteiger partial charge is 0.310 e. The molecule has 0 aliphatic heterocycles. The summed E-state index contributed by atoms with van der Waals surface area (Å²) in [6, 6.07) is 5.16. The van der Waals surface area contributed by atoms with Gasteiger partial charge in [0.25, 0.3) is 0 Å². The van der Waals surface area contributed by atoms with E-state index < -0.39 is 0 Å². The van der Waals surface area contributed by atoms with Crippen molar-refractivity contribution in [1.29, 1.82) is 0 Å². The maximum absolute atomic E-state index is 13.9. The van der Waals surface area contributed by atoms with Crippen LogP contribution in [-0.2, 0) is 0 Å². The van der Waals surface area contributed by atoms with Gasteiger partial charge in [-0.1, -0.05) is 36.7 Å². The van der Waals surface area contributed by atoms with E-state index in [-0.39, 0.29) is 16.9 Å². The summed E-state index contributed by atoms with van der Waals surface area (Å²) in [5, 5.41) is 3.53. The van der Waals surface area contributed by atoms with Gasteiger partial charge in [0.1, 0.15) is 5.82 Å². The first-order chi connectivity index (χ1) is 8.20. The summed E-state index contributed by atoms with van der Waals surface area (Å²) in [6.07, 6.45) is 4.56. The molecule has 0 amide bonds. The average molecular weight is 256 g/mol. The summed E-state index contributed by atoms with van der Waals surface area (Å²) < 4.78 is 13.9. The highest BCUT2D eigenvalue weighted by atomic mass is 35.5. The third kappa shape index (κ3) is 4.14. The molecule has 1 nitrogen and oxygen atoms in total. The molecule has 0 bridgehead atoms. The second kappa shape index (κ2) is 7.46. The maximum atomic E-state index is 13.9. The van der Waals surface area contributed by atoms with Crippen LogP contribution in [0.15, 0.2) is 30.9 Å². The second-order valence-electron chi connectivity index (χ2n) is 4.02. The van der Waals surface area contributed by atoms with Crippen LogP contribution in [0.1, 0.15) is 37.8 Å². The molecule has 1 unspecified atom stereocenters. The number of rotatable bonds is 7. The van der Waals surface area contributed by atoms with Crippen LogP contribution < -0.4 is 5.32 Å². The third-order valence-electron chi connectivity index (χ3n) is 2.66. The van der Waals surface area contributed by atoms with Crippen molar-refractivity contribution in [3.8, 4) is 0 Å². The van der Waals surface area contributed by atoms with E-state index in [4.69, 9.17) is 11.6 Å². The van der Waals surface area contributed by atoms with E-state index in [1.807, 2.05) is 6.08 Å². The van der Waals surface area contributed by atoms with E-state index in [1.165, 1.54) is 0 Å². The Balaban J connectivity index is 2.86. The molecule has 0 spiro atoms. The van der Waals surface area contributed by atoms with Crippen LogP contribution in [0.25, 0.3) is 0 Å². The van der Waals surface area contributed by atoms with Crippen molar-refractivity contribution in [3.63, 3.8) is 0 Å². The van der Waals surface area contributed by atoms with Gasteiger partial charge in [-0.2, -0.15) is 0 Å². The first-order valence-corrected chi connectivity index (χ1v) is 6.36. The van der Waals surface area contributed by atoms with Gasteiger partial charge in [0.2, 0.25) is 0 Å². The van der Waals surface area contributed by atoms with Gasteiger partial charge in [0, 0.05) is 11.6 Å². The fraction of sp³-hybridized carbons (Fsp3) is 0.429. The van der Waals surface area contributed by atoms with E-state index in [1.54, 1.807) is 18.2 Å². The number of hydrogen-bond donors (Lipinski definition) is 1.